The summed E-state index contributed by atoms with van der Waals surface area (Å²) < 4.78 is 3.39. The molecular weight excluding hydrogens is 372 g/mol. The molecule has 0 radical (unpaired) electrons. The molecule has 4 rings (SSSR count). The second kappa shape index (κ2) is 5.28. The number of halogens is 1. The van der Waals surface area contributed by atoms with Gasteiger partial charge in [-0.15, -0.1) is 0 Å². The standard InChI is InChI=1S/C18H13BrN2OS/c1-10-7-8-14-16(11(10)2)20-18-21(14)17(22)15(23-18)9-12-5-3-4-6-13(12)19/h3-9H,1-2H3. The van der Waals surface area contributed by atoms with Crippen molar-refractivity contribution < 1.29 is 0 Å². The minimum absolute atomic E-state index is 0.00786. The summed E-state index contributed by atoms with van der Waals surface area (Å²) in [6, 6.07) is 11.9. The molecule has 0 saturated heterocycles. The molecule has 0 spiro atoms. The fourth-order valence-corrected chi connectivity index (χ4v) is 4.07. The number of nitrogens with zero attached hydrogens (tertiary/aromatic N) is 2. The number of aryl methyl sites for hydroxylation is 2. The van der Waals surface area contributed by atoms with E-state index in [-0.39, 0.29) is 5.56 Å². The third-order valence-electron chi connectivity index (χ3n) is 4.13. The molecule has 0 aliphatic rings. The largest absolute Gasteiger partial charge is 0.274 e. The molecule has 2 aromatic carbocycles. The summed E-state index contributed by atoms with van der Waals surface area (Å²) in [5, 5.41) is 0. The molecule has 3 nitrogen and oxygen atoms in total. The van der Waals surface area contributed by atoms with Gasteiger partial charge in [0.05, 0.1) is 15.6 Å². The number of aromatic nitrogens is 2. The van der Waals surface area contributed by atoms with Crippen LogP contribution in [-0.4, -0.2) is 9.38 Å². The summed E-state index contributed by atoms with van der Waals surface area (Å²) in [7, 11) is 0. The lowest BCUT2D eigenvalue weighted by Crippen LogP contribution is -2.22. The van der Waals surface area contributed by atoms with Crippen LogP contribution in [-0.2, 0) is 0 Å². The van der Waals surface area contributed by atoms with Gasteiger partial charge < -0.3 is 0 Å². The molecule has 0 unspecified atom stereocenters. The van der Waals surface area contributed by atoms with Gasteiger partial charge in [0, 0.05) is 4.47 Å². The average Bonchev–Trinajstić information content (AvgIpc) is 3.04. The Hall–Kier alpha value is -1.98. The zero-order chi connectivity index (χ0) is 16.1. The van der Waals surface area contributed by atoms with Crippen LogP contribution in [0.3, 0.4) is 0 Å². The fraction of sp³-hybridized carbons (Fsp3) is 0.111. The highest BCUT2D eigenvalue weighted by Gasteiger charge is 2.13. The topological polar surface area (TPSA) is 34.4 Å². The Morgan fingerprint density at radius 1 is 1.17 bits per heavy atom. The van der Waals surface area contributed by atoms with Crippen LogP contribution >= 0.6 is 27.3 Å². The summed E-state index contributed by atoms with van der Waals surface area (Å²) in [4.78, 5) is 18.2. The maximum Gasteiger partial charge on any atom is 0.274 e. The van der Waals surface area contributed by atoms with Crippen molar-refractivity contribution in [1.29, 1.82) is 0 Å². The second-order valence-electron chi connectivity index (χ2n) is 5.54. The van der Waals surface area contributed by atoms with Gasteiger partial charge >= 0.3 is 0 Å². The first-order valence-corrected chi connectivity index (χ1v) is 8.84. The smallest absolute Gasteiger partial charge is 0.267 e. The lowest BCUT2D eigenvalue weighted by atomic mass is 10.1. The van der Waals surface area contributed by atoms with Gasteiger partial charge in [0.25, 0.3) is 5.56 Å². The van der Waals surface area contributed by atoms with E-state index in [1.54, 1.807) is 4.40 Å². The number of imidazole rings is 1. The molecule has 4 aromatic rings. The van der Waals surface area contributed by atoms with E-state index >= 15 is 0 Å². The molecule has 114 valence electrons. The highest BCUT2D eigenvalue weighted by Crippen LogP contribution is 2.22. The second-order valence-corrected chi connectivity index (χ2v) is 7.41. The van der Waals surface area contributed by atoms with Gasteiger partial charge in [-0.1, -0.05) is 51.5 Å². The Morgan fingerprint density at radius 3 is 2.74 bits per heavy atom. The molecule has 0 aliphatic carbocycles. The van der Waals surface area contributed by atoms with Crippen LogP contribution in [0.2, 0.25) is 0 Å². The minimum Gasteiger partial charge on any atom is -0.267 e. The molecular formula is C18H13BrN2OS. The Labute approximate surface area is 145 Å². The maximum atomic E-state index is 12.8. The molecule has 2 aromatic heterocycles. The molecule has 0 N–H and O–H groups in total. The van der Waals surface area contributed by atoms with Gasteiger partial charge in [0.15, 0.2) is 4.96 Å². The summed E-state index contributed by atoms with van der Waals surface area (Å²) >= 11 is 4.95. The van der Waals surface area contributed by atoms with Crippen LogP contribution in [0.25, 0.3) is 22.1 Å². The van der Waals surface area contributed by atoms with Crippen molar-refractivity contribution in [1.82, 2.24) is 9.38 Å². The van der Waals surface area contributed by atoms with Crippen molar-refractivity contribution in [2.24, 2.45) is 0 Å². The van der Waals surface area contributed by atoms with Gasteiger partial charge in [-0.25, -0.2) is 9.38 Å². The van der Waals surface area contributed by atoms with E-state index in [9.17, 15) is 4.79 Å². The molecule has 23 heavy (non-hydrogen) atoms. The maximum absolute atomic E-state index is 12.8. The first-order chi connectivity index (χ1) is 11.1. The van der Waals surface area contributed by atoms with E-state index in [4.69, 9.17) is 0 Å². The third kappa shape index (κ3) is 2.23. The summed E-state index contributed by atoms with van der Waals surface area (Å²) in [6.45, 7) is 4.11. The normalized spacial score (nSPS) is 12.6. The number of fused-ring (bicyclic) bond motifs is 3. The van der Waals surface area contributed by atoms with E-state index in [1.165, 1.54) is 16.9 Å². The van der Waals surface area contributed by atoms with Gasteiger partial charge in [-0.2, -0.15) is 0 Å². The SMILES string of the molecule is Cc1ccc2c(nc3sc(=Cc4ccccc4Br)c(=O)n32)c1C. The van der Waals surface area contributed by atoms with E-state index in [1.807, 2.05) is 49.4 Å². The van der Waals surface area contributed by atoms with Crippen LogP contribution in [0.4, 0.5) is 0 Å². The zero-order valence-corrected chi connectivity index (χ0v) is 15.0. The molecule has 0 fully saturated rings. The Kier molecular flexibility index (Phi) is 3.36. The number of thiazole rings is 1. The van der Waals surface area contributed by atoms with Crippen molar-refractivity contribution in [3.05, 3.63) is 72.4 Å². The van der Waals surface area contributed by atoms with Crippen LogP contribution < -0.4 is 10.1 Å². The average molecular weight is 385 g/mol. The summed E-state index contributed by atoms with van der Waals surface area (Å²) in [6.07, 6.45) is 1.92. The van der Waals surface area contributed by atoms with Crippen molar-refractivity contribution in [3.63, 3.8) is 0 Å². The Balaban J connectivity index is 2.05. The monoisotopic (exact) mass is 384 g/mol. The van der Waals surface area contributed by atoms with Crippen LogP contribution in [0.1, 0.15) is 16.7 Å². The third-order valence-corrected chi connectivity index (χ3v) is 5.82. The molecule has 0 aliphatic heterocycles. The zero-order valence-electron chi connectivity index (χ0n) is 12.6. The van der Waals surface area contributed by atoms with Gasteiger partial charge in [0.1, 0.15) is 0 Å². The quantitative estimate of drug-likeness (QED) is 0.499. The number of rotatable bonds is 1. The predicted octanol–water partition coefficient (Wildman–Crippen LogP) is 3.84. The van der Waals surface area contributed by atoms with Crippen molar-refractivity contribution in [2.45, 2.75) is 13.8 Å². The lowest BCUT2D eigenvalue weighted by Gasteiger charge is -1.99. The highest BCUT2D eigenvalue weighted by molar-refractivity contribution is 9.10. The molecule has 2 heterocycles. The fourth-order valence-electron chi connectivity index (χ4n) is 2.70. The van der Waals surface area contributed by atoms with E-state index in [0.29, 0.717) is 4.53 Å². The number of hydrogen-bond acceptors (Lipinski definition) is 3. The molecule has 5 heteroatoms. The minimum atomic E-state index is -0.00786. The van der Waals surface area contributed by atoms with Gasteiger partial charge in [-0.3, -0.25) is 4.79 Å². The molecule has 0 bridgehead atoms. The van der Waals surface area contributed by atoms with E-state index in [2.05, 4.69) is 27.8 Å². The highest BCUT2D eigenvalue weighted by atomic mass is 79.9. The first-order valence-electron chi connectivity index (χ1n) is 7.23. The van der Waals surface area contributed by atoms with Crippen LogP contribution in [0.5, 0.6) is 0 Å². The molecule has 0 amide bonds. The summed E-state index contributed by atoms with van der Waals surface area (Å²) in [5.41, 5.74) is 5.11. The predicted molar refractivity (Wildman–Crippen MR) is 99.2 cm³/mol. The summed E-state index contributed by atoms with van der Waals surface area (Å²) in [5.74, 6) is 0. The van der Waals surface area contributed by atoms with E-state index < -0.39 is 0 Å². The Morgan fingerprint density at radius 2 is 1.96 bits per heavy atom. The van der Waals surface area contributed by atoms with Crippen molar-refractivity contribution in [3.8, 4) is 0 Å². The van der Waals surface area contributed by atoms with Gasteiger partial charge in [0.2, 0.25) is 0 Å². The van der Waals surface area contributed by atoms with Gasteiger partial charge in [-0.05, 0) is 48.7 Å². The van der Waals surface area contributed by atoms with Crippen molar-refractivity contribution >= 4 is 49.3 Å². The molecule has 0 saturated carbocycles. The lowest BCUT2D eigenvalue weighted by molar-refractivity contribution is 1.19. The van der Waals surface area contributed by atoms with E-state index in [0.717, 1.165) is 31.6 Å². The first kappa shape index (κ1) is 14.6. The van der Waals surface area contributed by atoms with Crippen LogP contribution in [0.15, 0.2) is 45.7 Å². The number of benzene rings is 2. The Bertz CT molecular complexity index is 1170. The molecule has 0 atom stereocenters. The number of hydrogen-bond donors (Lipinski definition) is 0. The van der Waals surface area contributed by atoms with Crippen LogP contribution in [0, 0.1) is 13.8 Å². The van der Waals surface area contributed by atoms with Crippen molar-refractivity contribution in [2.75, 3.05) is 0 Å².